The second-order valence-electron chi connectivity index (χ2n) is 3.93. The maximum absolute atomic E-state index is 13.0. The largest absolute Gasteiger partial charge is 0.365 e. The molecule has 0 radical (unpaired) electrons. The molecule has 0 aliphatic carbocycles. The van der Waals surface area contributed by atoms with Crippen molar-refractivity contribution in [1.82, 2.24) is 0 Å². The molecule has 0 saturated carbocycles. The second kappa shape index (κ2) is 6.39. The van der Waals surface area contributed by atoms with Crippen molar-refractivity contribution >= 4 is 11.7 Å². The summed E-state index contributed by atoms with van der Waals surface area (Å²) in [7, 11) is 0. The van der Waals surface area contributed by atoms with E-state index in [1.165, 1.54) is 0 Å². The zero-order valence-electron chi connectivity index (χ0n) is 10.6. The summed E-state index contributed by atoms with van der Waals surface area (Å²) in [5, 5.41) is 12.4. The zero-order valence-corrected chi connectivity index (χ0v) is 10.6. The highest BCUT2D eigenvalue weighted by Gasteiger charge is 2.12. The van der Waals surface area contributed by atoms with Crippen LogP contribution in [0.15, 0.2) is 53.7 Å². The van der Waals surface area contributed by atoms with E-state index in [-0.39, 0.29) is 11.3 Å². The number of rotatable bonds is 3. The predicted octanol–water partition coefficient (Wildman–Crippen LogP) is 3.05. The van der Waals surface area contributed by atoms with Gasteiger partial charge in [0.15, 0.2) is 17.3 Å². The molecule has 0 aromatic heterocycles. The molecular weight excluding hydrogens is 278 g/mol. The SMILES string of the molecule is N#C/C(=N\OC(=O)c1ccc(F)c(F)c1)c1ccccc1. The average Bonchev–Trinajstić information content (AvgIpc) is 2.51. The lowest BCUT2D eigenvalue weighted by Crippen LogP contribution is -2.05. The minimum absolute atomic E-state index is 0.105. The third-order valence-electron chi connectivity index (χ3n) is 2.53. The summed E-state index contributed by atoms with van der Waals surface area (Å²) in [5.74, 6) is -3.23. The zero-order chi connectivity index (χ0) is 15.2. The Morgan fingerprint density at radius 3 is 2.38 bits per heavy atom. The van der Waals surface area contributed by atoms with Gasteiger partial charge in [0.05, 0.1) is 5.56 Å². The van der Waals surface area contributed by atoms with Crippen LogP contribution >= 0.6 is 0 Å². The highest BCUT2D eigenvalue weighted by molar-refractivity contribution is 6.11. The van der Waals surface area contributed by atoms with E-state index in [0.29, 0.717) is 11.6 Å². The molecule has 0 bridgehead atoms. The van der Waals surface area contributed by atoms with Gasteiger partial charge in [0.2, 0.25) is 0 Å². The Morgan fingerprint density at radius 1 is 1.05 bits per heavy atom. The molecule has 2 aromatic rings. The summed E-state index contributed by atoms with van der Waals surface area (Å²) in [6, 6.07) is 12.7. The number of nitrogens with zero attached hydrogens (tertiary/aromatic N) is 2. The van der Waals surface area contributed by atoms with Crippen molar-refractivity contribution in [3.8, 4) is 6.07 Å². The summed E-state index contributed by atoms with van der Waals surface area (Å²) in [5.41, 5.74) is 0.160. The maximum atomic E-state index is 13.0. The summed E-state index contributed by atoms with van der Waals surface area (Å²) in [4.78, 5) is 16.2. The summed E-state index contributed by atoms with van der Waals surface area (Å²) in [6.07, 6.45) is 0. The minimum atomic E-state index is -1.17. The van der Waals surface area contributed by atoms with Crippen molar-refractivity contribution in [2.24, 2.45) is 5.16 Å². The van der Waals surface area contributed by atoms with Gasteiger partial charge in [0.1, 0.15) is 6.07 Å². The highest BCUT2D eigenvalue weighted by Crippen LogP contribution is 2.10. The first-order valence-electron chi connectivity index (χ1n) is 5.81. The van der Waals surface area contributed by atoms with Crippen molar-refractivity contribution in [3.63, 3.8) is 0 Å². The molecule has 21 heavy (non-hydrogen) atoms. The van der Waals surface area contributed by atoms with Gasteiger partial charge in [0.25, 0.3) is 0 Å². The third-order valence-corrected chi connectivity index (χ3v) is 2.53. The van der Waals surface area contributed by atoms with Crippen LogP contribution in [0.4, 0.5) is 8.78 Å². The predicted molar refractivity (Wildman–Crippen MR) is 70.4 cm³/mol. The van der Waals surface area contributed by atoms with Gasteiger partial charge in [-0.15, -0.1) is 0 Å². The Balaban J connectivity index is 2.17. The van der Waals surface area contributed by atoms with E-state index >= 15 is 0 Å². The lowest BCUT2D eigenvalue weighted by Gasteiger charge is -2.00. The van der Waals surface area contributed by atoms with Crippen LogP contribution in [0, 0.1) is 23.0 Å². The fraction of sp³-hybridized carbons (Fsp3) is 0. The van der Waals surface area contributed by atoms with E-state index < -0.39 is 17.6 Å². The number of nitriles is 1. The smallest absolute Gasteiger partial charge is 0.311 e. The van der Waals surface area contributed by atoms with Gasteiger partial charge < -0.3 is 4.84 Å². The van der Waals surface area contributed by atoms with E-state index in [9.17, 15) is 13.6 Å². The van der Waals surface area contributed by atoms with E-state index in [1.54, 1.807) is 36.4 Å². The lowest BCUT2D eigenvalue weighted by molar-refractivity contribution is 0.0516. The molecule has 0 N–H and O–H groups in total. The Morgan fingerprint density at radius 2 is 1.76 bits per heavy atom. The molecule has 2 rings (SSSR count). The van der Waals surface area contributed by atoms with Gasteiger partial charge in [-0.1, -0.05) is 35.5 Å². The molecule has 0 heterocycles. The number of carbonyl (C=O) groups is 1. The Labute approximate surface area is 118 Å². The molecule has 0 atom stereocenters. The van der Waals surface area contributed by atoms with Gasteiger partial charge >= 0.3 is 5.97 Å². The Bertz CT molecular complexity index is 737. The number of oxime groups is 1. The van der Waals surface area contributed by atoms with Gasteiger partial charge in [0, 0.05) is 5.56 Å². The van der Waals surface area contributed by atoms with Crippen molar-refractivity contribution in [2.75, 3.05) is 0 Å². The monoisotopic (exact) mass is 286 g/mol. The number of carbonyl (C=O) groups excluding carboxylic acids is 1. The first-order chi connectivity index (χ1) is 10.1. The first kappa shape index (κ1) is 14.3. The maximum Gasteiger partial charge on any atom is 0.365 e. The fourth-order valence-corrected chi connectivity index (χ4v) is 1.50. The van der Waals surface area contributed by atoms with E-state index in [0.717, 1.165) is 12.1 Å². The van der Waals surface area contributed by atoms with Crippen molar-refractivity contribution in [2.45, 2.75) is 0 Å². The van der Waals surface area contributed by atoms with E-state index in [1.807, 2.05) is 0 Å². The lowest BCUT2D eigenvalue weighted by atomic mass is 10.1. The van der Waals surface area contributed by atoms with Gasteiger partial charge in [-0.05, 0) is 18.2 Å². The molecule has 4 nitrogen and oxygen atoms in total. The van der Waals surface area contributed by atoms with Crippen molar-refractivity contribution in [1.29, 1.82) is 5.26 Å². The summed E-state index contributed by atoms with van der Waals surface area (Å²) >= 11 is 0. The minimum Gasteiger partial charge on any atom is -0.311 e. The summed E-state index contributed by atoms with van der Waals surface area (Å²) < 4.78 is 25.8. The van der Waals surface area contributed by atoms with Crippen LogP contribution in [0.5, 0.6) is 0 Å². The van der Waals surface area contributed by atoms with Crippen LogP contribution in [0.3, 0.4) is 0 Å². The Kier molecular flexibility index (Phi) is 4.36. The van der Waals surface area contributed by atoms with E-state index in [2.05, 4.69) is 9.99 Å². The molecule has 0 aliphatic heterocycles. The van der Waals surface area contributed by atoms with Crippen LogP contribution in [0.1, 0.15) is 15.9 Å². The normalized spacial score (nSPS) is 10.8. The van der Waals surface area contributed by atoms with Crippen molar-refractivity contribution < 1.29 is 18.4 Å². The van der Waals surface area contributed by atoms with Crippen molar-refractivity contribution in [3.05, 3.63) is 71.3 Å². The number of halogens is 2. The molecule has 0 amide bonds. The molecule has 0 aliphatic rings. The van der Waals surface area contributed by atoms with Gasteiger partial charge in [-0.3, -0.25) is 0 Å². The molecular formula is C15H8F2N2O2. The number of benzene rings is 2. The average molecular weight is 286 g/mol. The van der Waals surface area contributed by atoms with Crippen LogP contribution in [-0.2, 0) is 4.84 Å². The second-order valence-corrected chi connectivity index (χ2v) is 3.93. The topological polar surface area (TPSA) is 62.4 Å². The van der Waals surface area contributed by atoms with Crippen LogP contribution in [0.25, 0.3) is 0 Å². The van der Waals surface area contributed by atoms with Crippen LogP contribution in [-0.4, -0.2) is 11.7 Å². The third kappa shape index (κ3) is 3.48. The standard InChI is InChI=1S/C15H8F2N2O2/c16-12-7-6-11(8-13(12)17)15(20)21-19-14(9-18)10-4-2-1-3-5-10/h1-8H/b19-14+. The summed E-state index contributed by atoms with van der Waals surface area (Å²) in [6.45, 7) is 0. The Hall–Kier alpha value is -3.07. The number of hydrogen-bond donors (Lipinski definition) is 0. The van der Waals surface area contributed by atoms with Crippen LogP contribution < -0.4 is 0 Å². The van der Waals surface area contributed by atoms with Gasteiger partial charge in [-0.25, -0.2) is 13.6 Å². The van der Waals surface area contributed by atoms with Crippen LogP contribution in [0.2, 0.25) is 0 Å². The quantitative estimate of drug-likeness (QED) is 0.495. The molecule has 2 aromatic carbocycles. The van der Waals surface area contributed by atoms with E-state index in [4.69, 9.17) is 5.26 Å². The molecule has 104 valence electrons. The highest BCUT2D eigenvalue weighted by atomic mass is 19.2. The molecule has 0 fully saturated rings. The molecule has 0 saturated heterocycles. The molecule has 0 spiro atoms. The van der Waals surface area contributed by atoms with Gasteiger partial charge in [-0.2, -0.15) is 5.26 Å². The molecule has 6 heteroatoms. The first-order valence-corrected chi connectivity index (χ1v) is 5.81. The fourth-order valence-electron chi connectivity index (χ4n) is 1.50. The molecule has 0 unspecified atom stereocenters. The number of hydrogen-bond acceptors (Lipinski definition) is 4.